The van der Waals surface area contributed by atoms with Gasteiger partial charge in [0, 0.05) is 5.39 Å². The third-order valence-corrected chi connectivity index (χ3v) is 3.39. The van der Waals surface area contributed by atoms with Gasteiger partial charge in [-0.25, -0.2) is 0 Å². The summed E-state index contributed by atoms with van der Waals surface area (Å²) in [6.45, 7) is 1.83. The molecular weight excluding hydrogens is 266 g/mol. The van der Waals surface area contributed by atoms with Crippen LogP contribution in [0.15, 0.2) is 42.5 Å². The number of carbonyl (C=O) groups excluding carboxylic acids is 1. The van der Waals surface area contributed by atoms with E-state index >= 15 is 0 Å². The number of benzene rings is 2. The number of carbonyl (C=O) groups is 1. The number of fused-ring (bicyclic) bond motifs is 1. The van der Waals surface area contributed by atoms with E-state index in [1.54, 1.807) is 12.1 Å². The number of nitrogens with one attached hydrogen (secondary N) is 2. The first kappa shape index (κ1) is 13.2. The molecule has 0 saturated heterocycles. The van der Waals surface area contributed by atoms with E-state index in [0.29, 0.717) is 5.69 Å². The van der Waals surface area contributed by atoms with Crippen molar-refractivity contribution in [2.45, 2.75) is 13.3 Å². The maximum absolute atomic E-state index is 12.2. The molecule has 3 N–H and O–H groups in total. The summed E-state index contributed by atoms with van der Waals surface area (Å²) in [6.07, 6.45) is 0.175. The van der Waals surface area contributed by atoms with E-state index in [0.717, 1.165) is 22.2 Å². The molecule has 2 aromatic carbocycles. The van der Waals surface area contributed by atoms with Gasteiger partial charge in [-0.15, -0.1) is 0 Å². The molecule has 0 atom stereocenters. The van der Waals surface area contributed by atoms with Crippen LogP contribution in [-0.4, -0.2) is 21.2 Å². The van der Waals surface area contributed by atoms with Crippen LogP contribution in [0.4, 0.5) is 5.69 Å². The molecule has 1 aromatic heterocycles. The topological polar surface area (TPSA) is 78.0 Å². The number of para-hydroxylation sites is 2. The number of aromatic amines is 1. The maximum Gasteiger partial charge on any atom is 0.230 e. The van der Waals surface area contributed by atoms with Crippen molar-refractivity contribution < 1.29 is 9.90 Å². The van der Waals surface area contributed by atoms with Crippen LogP contribution >= 0.6 is 0 Å². The van der Waals surface area contributed by atoms with Crippen molar-refractivity contribution in [3.05, 3.63) is 53.7 Å². The SMILES string of the molecule is Cc1cccc(O)c1NC(=O)Cc1[nH]nc2ccccc12. The van der Waals surface area contributed by atoms with Crippen LogP contribution in [-0.2, 0) is 11.2 Å². The number of amides is 1. The minimum Gasteiger partial charge on any atom is -0.506 e. The molecule has 1 amide bonds. The second-order valence-corrected chi connectivity index (χ2v) is 4.91. The molecule has 5 heteroatoms. The lowest BCUT2D eigenvalue weighted by atomic mass is 10.1. The number of H-pyrrole nitrogens is 1. The highest BCUT2D eigenvalue weighted by molar-refractivity contribution is 5.96. The minimum atomic E-state index is -0.200. The number of aryl methyl sites for hydroxylation is 1. The van der Waals surface area contributed by atoms with Crippen LogP contribution in [0, 0.1) is 6.92 Å². The first-order valence-corrected chi connectivity index (χ1v) is 6.65. The Balaban J connectivity index is 1.81. The molecule has 0 aliphatic rings. The number of phenols is 1. The maximum atomic E-state index is 12.2. The molecule has 0 spiro atoms. The highest BCUT2D eigenvalue weighted by Crippen LogP contribution is 2.26. The van der Waals surface area contributed by atoms with Gasteiger partial charge in [0.05, 0.1) is 23.3 Å². The number of hydrogen-bond donors (Lipinski definition) is 3. The summed E-state index contributed by atoms with van der Waals surface area (Å²) in [5, 5.41) is 20.5. The molecule has 1 heterocycles. The normalized spacial score (nSPS) is 10.7. The zero-order chi connectivity index (χ0) is 14.8. The van der Waals surface area contributed by atoms with Gasteiger partial charge in [-0.05, 0) is 24.6 Å². The average molecular weight is 281 g/mol. The number of aromatic hydroxyl groups is 1. The van der Waals surface area contributed by atoms with Gasteiger partial charge in [0.25, 0.3) is 0 Å². The molecular formula is C16H15N3O2. The summed E-state index contributed by atoms with van der Waals surface area (Å²) < 4.78 is 0. The molecule has 0 aliphatic carbocycles. The molecule has 0 fully saturated rings. The first-order chi connectivity index (χ1) is 10.1. The summed E-state index contributed by atoms with van der Waals surface area (Å²) in [5.74, 6) is -0.133. The van der Waals surface area contributed by atoms with Gasteiger partial charge in [-0.2, -0.15) is 5.10 Å². The standard InChI is InChI=1S/C16H15N3O2/c1-10-5-4-8-14(20)16(10)17-15(21)9-13-11-6-2-3-7-12(11)18-19-13/h2-8,20H,9H2,1H3,(H,17,21)(H,18,19). The van der Waals surface area contributed by atoms with Crippen LogP contribution < -0.4 is 5.32 Å². The van der Waals surface area contributed by atoms with E-state index in [1.165, 1.54) is 0 Å². The van der Waals surface area contributed by atoms with Crippen molar-refractivity contribution >= 4 is 22.5 Å². The second-order valence-electron chi connectivity index (χ2n) is 4.91. The van der Waals surface area contributed by atoms with Crippen molar-refractivity contribution in [1.82, 2.24) is 10.2 Å². The van der Waals surface area contributed by atoms with Crippen LogP contribution in [0.3, 0.4) is 0 Å². The van der Waals surface area contributed by atoms with E-state index < -0.39 is 0 Å². The molecule has 0 unspecified atom stereocenters. The predicted molar refractivity (Wildman–Crippen MR) is 81.3 cm³/mol. The Morgan fingerprint density at radius 2 is 2.05 bits per heavy atom. The molecule has 0 bridgehead atoms. The van der Waals surface area contributed by atoms with Crippen LogP contribution in [0.1, 0.15) is 11.3 Å². The Morgan fingerprint density at radius 1 is 1.24 bits per heavy atom. The summed E-state index contributed by atoms with van der Waals surface area (Å²) >= 11 is 0. The van der Waals surface area contributed by atoms with E-state index in [2.05, 4.69) is 15.5 Å². The van der Waals surface area contributed by atoms with Gasteiger partial charge in [-0.1, -0.05) is 30.3 Å². The fourth-order valence-electron chi connectivity index (χ4n) is 2.31. The van der Waals surface area contributed by atoms with Crippen LogP contribution in [0.5, 0.6) is 5.75 Å². The molecule has 21 heavy (non-hydrogen) atoms. The molecule has 3 rings (SSSR count). The third-order valence-electron chi connectivity index (χ3n) is 3.39. The average Bonchev–Trinajstić information content (AvgIpc) is 2.87. The molecule has 3 aromatic rings. The lowest BCUT2D eigenvalue weighted by Crippen LogP contribution is -2.15. The quantitative estimate of drug-likeness (QED) is 0.646. The Morgan fingerprint density at radius 3 is 2.86 bits per heavy atom. The molecule has 0 radical (unpaired) electrons. The largest absolute Gasteiger partial charge is 0.506 e. The smallest absolute Gasteiger partial charge is 0.230 e. The molecule has 106 valence electrons. The van der Waals surface area contributed by atoms with Crippen LogP contribution in [0.25, 0.3) is 10.9 Å². The van der Waals surface area contributed by atoms with Gasteiger partial charge < -0.3 is 10.4 Å². The Hall–Kier alpha value is -2.82. The fourth-order valence-corrected chi connectivity index (χ4v) is 2.31. The lowest BCUT2D eigenvalue weighted by molar-refractivity contribution is -0.115. The van der Waals surface area contributed by atoms with E-state index in [1.807, 2.05) is 37.3 Å². The van der Waals surface area contributed by atoms with E-state index in [4.69, 9.17) is 0 Å². The summed E-state index contributed by atoms with van der Waals surface area (Å²) in [5.41, 5.74) is 2.86. The zero-order valence-electron chi connectivity index (χ0n) is 11.6. The number of anilines is 1. The number of hydrogen-bond acceptors (Lipinski definition) is 3. The molecule has 0 saturated carbocycles. The van der Waals surface area contributed by atoms with Crippen LogP contribution in [0.2, 0.25) is 0 Å². The monoisotopic (exact) mass is 281 g/mol. The lowest BCUT2D eigenvalue weighted by Gasteiger charge is -2.09. The zero-order valence-corrected chi connectivity index (χ0v) is 11.6. The third kappa shape index (κ3) is 2.58. The fraction of sp³-hybridized carbons (Fsp3) is 0.125. The Kier molecular flexibility index (Phi) is 3.31. The van der Waals surface area contributed by atoms with Crippen molar-refractivity contribution in [2.24, 2.45) is 0 Å². The van der Waals surface area contributed by atoms with Gasteiger partial charge in [-0.3, -0.25) is 9.89 Å². The number of rotatable bonds is 3. The number of phenolic OH excluding ortho intramolecular Hbond substituents is 1. The molecule has 5 nitrogen and oxygen atoms in total. The summed E-state index contributed by atoms with van der Waals surface area (Å²) in [4.78, 5) is 12.2. The second kappa shape index (κ2) is 5.28. The minimum absolute atomic E-state index is 0.0674. The van der Waals surface area contributed by atoms with Crippen molar-refractivity contribution in [3.63, 3.8) is 0 Å². The Labute approximate surface area is 121 Å². The summed E-state index contributed by atoms with van der Waals surface area (Å²) in [7, 11) is 0. The van der Waals surface area contributed by atoms with Crippen molar-refractivity contribution in [3.8, 4) is 5.75 Å². The number of aromatic nitrogens is 2. The highest BCUT2D eigenvalue weighted by atomic mass is 16.3. The Bertz CT molecular complexity index is 788. The van der Waals surface area contributed by atoms with Crippen molar-refractivity contribution in [2.75, 3.05) is 5.32 Å². The predicted octanol–water partition coefficient (Wildman–Crippen LogP) is 2.76. The molecule has 0 aliphatic heterocycles. The van der Waals surface area contributed by atoms with Gasteiger partial charge >= 0.3 is 0 Å². The van der Waals surface area contributed by atoms with Gasteiger partial charge in [0.15, 0.2) is 0 Å². The highest BCUT2D eigenvalue weighted by Gasteiger charge is 2.12. The summed E-state index contributed by atoms with van der Waals surface area (Å²) in [6, 6.07) is 12.7. The van der Waals surface area contributed by atoms with E-state index in [-0.39, 0.29) is 18.1 Å². The van der Waals surface area contributed by atoms with Gasteiger partial charge in [0.1, 0.15) is 5.75 Å². The first-order valence-electron chi connectivity index (χ1n) is 6.65. The van der Waals surface area contributed by atoms with Gasteiger partial charge in [0.2, 0.25) is 5.91 Å². The number of nitrogens with zero attached hydrogens (tertiary/aromatic N) is 1. The van der Waals surface area contributed by atoms with E-state index in [9.17, 15) is 9.90 Å². The van der Waals surface area contributed by atoms with Crippen molar-refractivity contribution in [1.29, 1.82) is 0 Å².